The molecule has 0 unspecified atom stereocenters. The number of hydrogen-bond donors (Lipinski definition) is 0. The smallest absolute Gasteiger partial charge is 0.410 e. The van der Waals surface area contributed by atoms with Crippen LogP contribution in [0.4, 0.5) is 13.2 Å². The van der Waals surface area contributed by atoms with Gasteiger partial charge in [-0.3, -0.25) is 0 Å². The highest BCUT2D eigenvalue weighted by Crippen LogP contribution is 2.27. The normalized spacial score (nSPS) is 16.2. The molecule has 2 nitrogen and oxygen atoms in total. The first-order valence-electron chi connectivity index (χ1n) is 5.38. The molecule has 18 heavy (non-hydrogen) atoms. The van der Waals surface area contributed by atoms with Gasteiger partial charge in [-0.05, 0) is 34.5 Å². The van der Waals surface area contributed by atoms with Crippen LogP contribution in [0.2, 0.25) is 0 Å². The maximum absolute atomic E-state index is 12.0. The highest BCUT2D eigenvalue weighted by molar-refractivity contribution is 9.10. The highest BCUT2D eigenvalue weighted by atomic mass is 79.9. The van der Waals surface area contributed by atoms with E-state index in [1.54, 1.807) is 6.08 Å². The third kappa shape index (κ3) is 3.94. The predicted molar refractivity (Wildman–Crippen MR) is 64.7 cm³/mol. The van der Waals surface area contributed by atoms with Gasteiger partial charge in [-0.2, -0.15) is 0 Å². The summed E-state index contributed by atoms with van der Waals surface area (Å²) in [6.07, 6.45) is 3.19. The summed E-state index contributed by atoms with van der Waals surface area (Å²) in [4.78, 5) is 0. The number of allylic oxidation sites excluding steroid dienone is 4. The van der Waals surface area contributed by atoms with Crippen molar-refractivity contribution < 1.29 is 17.9 Å². The minimum Gasteiger partial charge on any atom is -0.410 e. The van der Waals surface area contributed by atoms with Crippen molar-refractivity contribution in [2.45, 2.75) is 25.7 Å². The Morgan fingerprint density at radius 3 is 2.56 bits per heavy atom. The van der Waals surface area contributed by atoms with E-state index in [9.17, 15) is 13.2 Å². The lowest BCUT2D eigenvalue weighted by Crippen LogP contribution is -2.14. The van der Waals surface area contributed by atoms with Crippen LogP contribution in [0.3, 0.4) is 0 Å². The summed E-state index contributed by atoms with van der Waals surface area (Å²) in [6.45, 7) is 0.682. The van der Waals surface area contributed by atoms with Crippen molar-refractivity contribution in [3.8, 4) is 0 Å². The second-order valence-corrected chi connectivity index (χ2v) is 4.92. The van der Waals surface area contributed by atoms with Crippen molar-refractivity contribution in [2.75, 3.05) is 0 Å². The van der Waals surface area contributed by atoms with Crippen LogP contribution in [0.15, 0.2) is 46.4 Å². The second kappa shape index (κ2) is 5.22. The molecule has 0 bridgehead atoms. The van der Waals surface area contributed by atoms with Gasteiger partial charge in [-0.1, -0.05) is 11.6 Å². The topological polar surface area (TPSA) is 14.2 Å². The Kier molecular flexibility index (Phi) is 3.85. The molecule has 0 saturated carbocycles. The van der Waals surface area contributed by atoms with E-state index < -0.39 is 6.36 Å². The Hall–Kier alpha value is -1.17. The molecule has 0 aromatic carbocycles. The van der Waals surface area contributed by atoms with E-state index in [-0.39, 0.29) is 12.2 Å². The first-order valence-corrected chi connectivity index (χ1v) is 6.17. The number of aromatic nitrogens is 1. The van der Waals surface area contributed by atoms with E-state index in [4.69, 9.17) is 0 Å². The maximum atomic E-state index is 12.0. The zero-order valence-electron chi connectivity index (χ0n) is 9.38. The molecule has 0 fully saturated rings. The molecule has 0 radical (unpaired) electrons. The quantitative estimate of drug-likeness (QED) is 0.805. The molecular formula is C12H11BrF3NO. The van der Waals surface area contributed by atoms with Crippen LogP contribution in [-0.4, -0.2) is 10.9 Å². The Labute approximate surface area is 111 Å². The summed E-state index contributed by atoms with van der Waals surface area (Å²) in [5.41, 5.74) is 1.08. The third-order valence-electron chi connectivity index (χ3n) is 2.54. The summed E-state index contributed by atoms with van der Waals surface area (Å²) in [5, 5.41) is 0. The fraction of sp³-hybridized carbons (Fsp3) is 0.333. The molecule has 1 aliphatic rings. The van der Waals surface area contributed by atoms with Gasteiger partial charge < -0.3 is 9.30 Å². The molecule has 1 aliphatic carbocycles. The Morgan fingerprint density at radius 2 is 2.06 bits per heavy atom. The summed E-state index contributed by atoms with van der Waals surface area (Å²) >= 11 is 3.34. The minimum atomic E-state index is -4.59. The number of rotatable bonds is 3. The number of nitrogens with zero attached hydrogens (tertiary/aromatic N) is 1. The zero-order chi connectivity index (χ0) is 13.2. The maximum Gasteiger partial charge on any atom is 0.572 e. The fourth-order valence-electron chi connectivity index (χ4n) is 1.77. The van der Waals surface area contributed by atoms with Crippen LogP contribution in [-0.2, 0) is 11.3 Å². The summed E-state index contributed by atoms with van der Waals surface area (Å²) in [5.74, 6) is -0.0278. The van der Waals surface area contributed by atoms with Gasteiger partial charge in [0.25, 0.3) is 0 Å². The Balaban J connectivity index is 1.97. The van der Waals surface area contributed by atoms with Gasteiger partial charge in [-0.15, -0.1) is 13.2 Å². The molecule has 2 rings (SSSR count). The van der Waals surface area contributed by atoms with Crippen LogP contribution < -0.4 is 0 Å². The molecule has 0 amide bonds. The fourth-order valence-corrected chi connectivity index (χ4v) is 2.15. The van der Waals surface area contributed by atoms with Crippen molar-refractivity contribution in [2.24, 2.45) is 0 Å². The van der Waals surface area contributed by atoms with E-state index in [1.807, 2.05) is 23.0 Å². The summed E-state index contributed by atoms with van der Waals surface area (Å²) in [7, 11) is 0. The first-order chi connectivity index (χ1) is 8.42. The molecule has 0 saturated heterocycles. The van der Waals surface area contributed by atoms with Crippen LogP contribution >= 0.6 is 15.9 Å². The van der Waals surface area contributed by atoms with Gasteiger partial charge in [0.05, 0.1) is 0 Å². The van der Waals surface area contributed by atoms with Crippen LogP contribution in [0.5, 0.6) is 0 Å². The molecule has 6 heteroatoms. The van der Waals surface area contributed by atoms with Crippen LogP contribution in [0, 0.1) is 0 Å². The minimum absolute atomic E-state index is 0.0278. The molecular weight excluding hydrogens is 311 g/mol. The lowest BCUT2D eigenvalue weighted by atomic mass is 10.0. The number of alkyl halides is 3. The standard InChI is InChI=1S/C12H11BrF3NO/c13-10-5-6-17(8-10)7-9-1-3-11(4-2-9)18-12(14,15)16/h1,3,5-6,8H,2,4,7H2. The van der Waals surface area contributed by atoms with Crippen LogP contribution in [0.25, 0.3) is 0 Å². The number of hydrogen-bond acceptors (Lipinski definition) is 1. The van der Waals surface area contributed by atoms with E-state index >= 15 is 0 Å². The Bertz CT molecular complexity index is 488. The van der Waals surface area contributed by atoms with E-state index in [2.05, 4.69) is 20.7 Å². The van der Waals surface area contributed by atoms with Gasteiger partial charge in [0.2, 0.25) is 0 Å². The second-order valence-electron chi connectivity index (χ2n) is 4.01. The zero-order valence-corrected chi connectivity index (χ0v) is 11.0. The lowest BCUT2D eigenvalue weighted by Gasteiger charge is -2.17. The highest BCUT2D eigenvalue weighted by Gasteiger charge is 2.32. The van der Waals surface area contributed by atoms with Crippen molar-refractivity contribution in [1.82, 2.24) is 4.57 Å². The van der Waals surface area contributed by atoms with Gasteiger partial charge >= 0.3 is 6.36 Å². The lowest BCUT2D eigenvalue weighted by molar-refractivity contribution is -0.306. The van der Waals surface area contributed by atoms with Gasteiger partial charge in [0, 0.05) is 29.8 Å². The third-order valence-corrected chi connectivity index (χ3v) is 3.01. The van der Waals surface area contributed by atoms with Gasteiger partial charge in [-0.25, -0.2) is 0 Å². The van der Waals surface area contributed by atoms with E-state index in [0.29, 0.717) is 13.0 Å². The molecule has 1 aromatic rings. The average molecular weight is 322 g/mol. The van der Waals surface area contributed by atoms with Gasteiger partial charge in [0.1, 0.15) is 5.76 Å². The Morgan fingerprint density at radius 1 is 1.28 bits per heavy atom. The molecule has 1 heterocycles. The number of halogens is 4. The molecule has 0 aliphatic heterocycles. The monoisotopic (exact) mass is 321 g/mol. The molecule has 1 aromatic heterocycles. The van der Waals surface area contributed by atoms with E-state index in [1.165, 1.54) is 6.08 Å². The molecule has 0 atom stereocenters. The van der Waals surface area contributed by atoms with Crippen molar-refractivity contribution >= 4 is 15.9 Å². The van der Waals surface area contributed by atoms with Crippen molar-refractivity contribution in [1.29, 1.82) is 0 Å². The molecule has 0 spiro atoms. The summed E-state index contributed by atoms with van der Waals surface area (Å²) < 4.78 is 42.8. The van der Waals surface area contributed by atoms with Crippen molar-refractivity contribution in [3.63, 3.8) is 0 Å². The van der Waals surface area contributed by atoms with Crippen LogP contribution in [0.1, 0.15) is 12.8 Å². The predicted octanol–water partition coefficient (Wildman–Crippen LogP) is 4.39. The first kappa shape index (κ1) is 13.3. The average Bonchev–Trinajstić information content (AvgIpc) is 2.65. The largest absolute Gasteiger partial charge is 0.572 e. The molecule has 98 valence electrons. The van der Waals surface area contributed by atoms with Gasteiger partial charge in [0.15, 0.2) is 0 Å². The molecule has 0 N–H and O–H groups in total. The number of ether oxygens (including phenoxy) is 1. The van der Waals surface area contributed by atoms with Crippen molar-refractivity contribution in [3.05, 3.63) is 46.4 Å². The van der Waals surface area contributed by atoms with E-state index in [0.717, 1.165) is 10.0 Å². The summed E-state index contributed by atoms with van der Waals surface area (Å²) in [6, 6.07) is 1.91. The SMILES string of the molecule is FC(F)(F)OC1=CC=C(Cn2ccc(Br)c2)CC1.